The zero-order valence-corrected chi connectivity index (χ0v) is 17.9. The van der Waals surface area contributed by atoms with E-state index in [9.17, 15) is 0 Å². The van der Waals surface area contributed by atoms with Crippen molar-refractivity contribution in [2.75, 3.05) is 0 Å². The average molecular weight is 431 g/mol. The summed E-state index contributed by atoms with van der Waals surface area (Å²) in [6.07, 6.45) is 0. The summed E-state index contributed by atoms with van der Waals surface area (Å²) < 4.78 is 2.10. The van der Waals surface area contributed by atoms with E-state index in [4.69, 9.17) is 10.2 Å². The maximum atomic E-state index is 8.76. The van der Waals surface area contributed by atoms with Gasteiger partial charge in [0.05, 0.1) is 0 Å². The van der Waals surface area contributed by atoms with E-state index in [0.29, 0.717) is 11.5 Å². The molecule has 0 saturated heterocycles. The summed E-state index contributed by atoms with van der Waals surface area (Å²) in [5.41, 5.74) is 2.34. The van der Waals surface area contributed by atoms with Crippen molar-refractivity contribution in [3.05, 3.63) is 82.0 Å². The predicted molar refractivity (Wildman–Crippen MR) is 95.2 cm³/mol. The molecule has 2 N–H and O–H groups in total. The van der Waals surface area contributed by atoms with Crippen LogP contribution in [0.25, 0.3) is 0 Å². The van der Waals surface area contributed by atoms with Gasteiger partial charge in [-0.1, -0.05) is 35.4 Å². The molecule has 1 aromatic heterocycles. The SMILES string of the molecule is Cc1ccc(O)cc1.Cc1ccc(O)cc1.[Cl-].[Cl-].[Ti]=[CH]c1cccs1. The van der Waals surface area contributed by atoms with Gasteiger partial charge in [0.25, 0.3) is 0 Å². The van der Waals surface area contributed by atoms with Crippen molar-refractivity contribution in [3.8, 4) is 11.5 Å². The summed E-state index contributed by atoms with van der Waals surface area (Å²) >= 11 is 3.81. The van der Waals surface area contributed by atoms with Crippen LogP contribution in [0.3, 0.4) is 0 Å². The normalized spacial score (nSPS) is 8.20. The summed E-state index contributed by atoms with van der Waals surface area (Å²) in [4.78, 5) is 1.35. The van der Waals surface area contributed by atoms with Crippen LogP contribution in [-0.4, -0.2) is 14.5 Å². The fourth-order valence-electron chi connectivity index (χ4n) is 1.46. The van der Waals surface area contributed by atoms with Gasteiger partial charge < -0.3 is 35.0 Å². The summed E-state index contributed by atoms with van der Waals surface area (Å²) in [6, 6.07) is 18.3. The molecule has 0 saturated carbocycles. The number of hydrogen-bond donors (Lipinski definition) is 2. The number of aromatic hydroxyl groups is 2. The van der Waals surface area contributed by atoms with Crippen LogP contribution < -0.4 is 24.8 Å². The van der Waals surface area contributed by atoms with Gasteiger partial charge in [-0.25, -0.2) is 0 Å². The number of thiophene rings is 1. The zero-order chi connectivity index (χ0) is 17.1. The minimum atomic E-state index is 0. The summed E-state index contributed by atoms with van der Waals surface area (Å²) in [7, 11) is 0. The van der Waals surface area contributed by atoms with Crippen molar-refractivity contribution in [3.63, 3.8) is 0 Å². The average Bonchev–Trinajstić information content (AvgIpc) is 3.08. The van der Waals surface area contributed by atoms with Crippen LogP contribution in [0, 0.1) is 13.8 Å². The summed E-state index contributed by atoms with van der Waals surface area (Å²) in [6.45, 7) is 3.97. The molecule has 0 aliphatic rings. The van der Waals surface area contributed by atoms with E-state index in [-0.39, 0.29) is 24.8 Å². The Bertz CT molecular complexity index is 599. The Kier molecular flexibility index (Phi) is 15.9. The van der Waals surface area contributed by atoms with E-state index in [2.05, 4.69) is 21.8 Å². The van der Waals surface area contributed by atoms with Gasteiger partial charge in [0.15, 0.2) is 0 Å². The Labute approximate surface area is 177 Å². The second-order valence-corrected chi connectivity index (χ2v) is 6.26. The van der Waals surface area contributed by atoms with Crippen molar-refractivity contribution in [1.82, 2.24) is 0 Å². The van der Waals surface area contributed by atoms with Gasteiger partial charge in [-0.2, -0.15) is 0 Å². The molecule has 0 radical (unpaired) electrons. The van der Waals surface area contributed by atoms with Crippen molar-refractivity contribution in [2.45, 2.75) is 13.8 Å². The molecule has 2 nitrogen and oxygen atoms in total. The summed E-state index contributed by atoms with van der Waals surface area (Å²) in [5, 5.41) is 19.6. The monoisotopic (exact) mass is 430 g/mol. The zero-order valence-electron chi connectivity index (χ0n) is 14.0. The minimum absolute atomic E-state index is 0. The fourth-order valence-corrected chi connectivity index (χ4v) is 2.47. The Morgan fingerprint density at radius 1 is 0.760 bits per heavy atom. The molecule has 0 spiro atoms. The molecule has 0 bridgehead atoms. The first kappa shape index (κ1) is 26.1. The Hall–Kier alpha value is -1.10. The molecule has 0 atom stereocenters. The molecular formula is C19H20Cl2O2STi-2. The van der Waals surface area contributed by atoms with Crippen LogP contribution in [0.15, 0.2) is 66.0 Å². The van der Waals surface area contributed by atoms with Gasteiger partial charge in [-0.15, -0.1) is 0 Å². The number of phenolic OH excluding ortho intramolecular Hbond substituents is 2. The van der Waals surface area contributed by atoms with E-state index in [1.807, 2.05) is 58.1 Å². The Balaban J connectivity index is 0. The molecular weight excluding hydrogens is 411 g/mol. The number of phenols is 2. The van der Waals surface area contributed by atoms with E-state index < -0.39 is 0 Å². The molecule has 6 heteroatoms. The predicted octanol–water partition coefficient (Wildman–Crippen LogP) is -1.15. The van der Waals surface area contributed by atoms with Gasteiger partial charge in [0.2, 0.25) is 0 Å². The Morgan fingerprint density at radius 3 is 1.36 bits per heavy atom. The molecule has 0 unspecified atom stereocenters. The van der Waals surface area contributed by atoms with Crippen LogP contribution in [0.1, 0.15) is 16.0 Å². The van der Waals surface area contributed by atoms with Crippen molar-refractivity contribution < 1.29 is 55.0 Å². The van der Waals surface area contributed by atoms with Crippen molar-refractivity contribution in [1.29, 1.82) is 0 Å². The maximum absolute atomic E-state index is 8.76. The third kappa shape index (κ3) is 12.9. The van der Waals surface area contributed by atoms with Gasteiger partial charge in [0, 0.05) is 0 Å². The van der Waals surface area contributed by atoms with Crippen molar-refractivity contribution in [2.24, 2.45) is 0 Å². The number of rotatable bonds is 1. The second-order valence-electron chi connectivity index (χ2n) is 4.83. The van der Waals surface area contributed by atoms with Crippen LogP contribution in [0.5, 0.6) is 11.5 Å². The third-order valence-corrected chi connectivity index (χ3v) is 4.39. The van der Waals surface area contributed by atoms with E-state index in [1.165, 1.54) is 16.0 Å². The first-order valence-electron chi connectivity index (χ1n) is 7.06. The standard InChI is InChI=1S/2C7H8O.C5H4S.2ClH.Ti/c2*1-6-2-4-7(8)5-3-6;1-5-3-2-4-6-5;;;/h2*2-5,8H,1H3;1-4H;2*1H;/p-2. The first-order chi connectivity index (χ1) is 11.0. The number of aryl methyl sites for hydroxylation is 2. The molecule has 0 amide bonds. The molecule has 1 heterocycles. The van der Waals surface area contributed by atoms with E-state index in [1.54, 1.807) is 35.6 Å². The first-order valence-corrected chi connectivity index (χ1v) is 8.84. The number of hydrogen-bond acceptors (Lipinski definition) is 3. The Morgan fingerprint density at radius 2 is 1.16 bits per heavy atom. The van der Waals surface area contributed by atoms with Gasteiger partial charge >= 0.3 is 58.0 Å². The summed E-state index contributed by atoms with van der Waals surface area (Å²) in [5.74, 6) is 0.659. The van der Waals surface area contributed by atoms with Crippen LogP contribution >= 0.6 is 11.3 Å². The molecule has 0 fully saturated rings. The molecule has 25 heavy (non-hydrogen) atoms. The topological polar surface area (TPSA) is 40.5 Å². The molecule has 134 valence electrons. The van der Waals surface area contributed by atoms with Crippen molar-refractivity contribution >= 4 is 15.7 Å². The van der Waals surface area contributed by atoms with E-state index in [0.717, 1.165) is 0 Å². The number of benzene rings is 2. The third-order valence-electron chi connectivity index (χ3n) is 2.75. The molecule has 0 aliphatic carbocycles. The number of halogens is 2. The van der Waals surface area contributed by atoms with Crippen LogP contribution in [0.4, 0.5) is 0 Å². The second kappa shape index (κ2) is 15.2. The van der Waals surface area contributed by atoms with Gasteiger partial charge in [0.1, 0.15) is 11.5 Å². The molecule has 3 aromatic rings. The molecule has 2 aromatic carbocycles. The fraction of sp³-hybridized carbons (Fsp3) is 0.105. The van der Waals surface area contributed by atoms with Gasteiger partial charge in [-0.05, 0) is 38.1 Å². The quantitative estimate of drug-likeness (QED) is 0.479. The molecule has 0 aliphatic heterocycles. The van der Waals surface area contributed by atoms with Crippen LogP contribution in [0.2, 0.25) is 0 Å². The van der Waals surface area contributed by atoms with E-state index >= 15 is 0 Å². The van der Waals surface area contributed by atoms with Gasteiger partial charge in [-0.3, -0.25) is 0 Å². The van der Waals surface area contributed by atoms with Crippen LogP contribution in [-0.2, 0) is 20.0 Å². The molecule has 3 rings (SSSR count).